The fraction of sp³-hybridized carbons (Fsp3) is 0.455. The lowest BCUT2D eigenvalue weighted by Crippen LogP contribution is -2.40. The van der Waals surface area contributed by atoms with Crippen LogP contribution in [0.3, 0.4) is 0 Å². The van der Waals surface area contributed by atoms with E-state index in [-0.39, 0.29) is 5.88 Å². The maximum absolute atomic E-state index is 11.7. The highest BCUT2D eigenvalue weighted by molar-refractivity contribution is 8.06. The first-order valence-corrected chi connectivity index (χ1v) is 9.74. The summed E-state index contributed by atoms with van der Waals surface area (Å²) in [4.78, 5) is 0. The first kappa shape index (κ1) is 16.4. The molecule has 1 aromatic carbocycles. The van der Waals surface area contributed by atoms with Crippen molar-refractivity contribution in [3.05, 3.63) is 35.9 Å². The summed E-state index contributed by atoms with van der Waals surface area (Å²) in [5.74, 6) is 0.0673. The van der Waals surface area contributed by atoms with Gasteiger partial charge in [0, 0.05) is 18.2 Å². The third-order valence-corrected chi connectivity index (χ3v) is 6.25. The van der Waals surface area contributed by atoms with Crippen molar-refractivity contribution in [1.29, 1.82) is 0 Å². The second-order valence-corrected chi connectivity index (χ2v) is 8.89. The van der Waals surface area contributed by atoms with Gasteiger partial charge in [-0.05, 0) is 12.0 Å². The average molecular weight is 326 g/mol. The van der Waals surface area contributed by atoms with E-state index in [4.69, 9.17) is 11.6 Å². The molecule has 1 unspecified atom stereocenters. The van der Waals surface area contributed by atoms with Gasteiger partial charge < -0.3 is 0 Å². The minimum Gasteiger partial charge on any atom is -0.228 e. The molecule has 0 radical (unpaired) electrons. The Morgan fingerprint density at radius 1 is 1.16 bits per heavy atom. The van der Waals surface area contributed by atoms with Crippen molar-refractivity contribution in [3.63, 3.8) is 0 Å². The molecule has 0 fully saturated rings. The van der Waals surface area contributed by atoms with Gasteiger partial charge in [-0.2, -0.15) is 0 Å². The molecule has 108 valence electrons. The Morgan fingerprint density at radius 2 is 1.74 bits per heavy atom. The van der Waals surface area contributed by atoms with E-state index in [1.165, 1.54) is 0 Å². The van der Waals surface area contributed by atoms with Gasteiger partial charge in [0.05, 0.1) is 0 Å². The molecule has 0 bridgehead atoms. The lowest BCUT2D eigenvalue weighted by atomic mass is 10.1. The molecule has 1 aromatic rings. The van der Waals surface area contributed by atoms with Crippen LogP contribution in [0.2, 0.25) is 0 Å². The van der Waals surface area contributed by atoms with Crippen molar-refractivity contribution in [2.45, 2.75) is 12.5 Å². The molecule has 1 atom stereocenters. The molecular weight excluding hydrogens is 310 g/mol. The van der Waals surface area contributed by atoms with E-state index in [0.29, 0.717) is 6.42 Å². The van der Waals surface area contributed by atoms with Crippen molar-refractivity contribution in [3.8, 4) is 0 Å². The van der Waals surface area contributed by atoms with Crippen LogP contribution in [0.4, 0.5) is 0 Å². The second kappa shape index (κ2) is 6.69. The average Bonchev–Trinajstić information content (AvgIpc) is 2.25. The molecule has 0 saturated carbocycles. The maximum Gasteiger partial charge on any atom is 0.226 e. The quantitative estimate of drug-likeness (QED) is 0.750. The van der Waals surface area contributed by atoms with Gasteiger partial charge in [0.2, 0.25) is 10.0 Å². The van der Waals surface area contributed by atoms with Crippen molar-refractivity contribution >= 4 is 31.5 Å². The standard InChI is InChI=1S/C11H16ClNO4S2/c1-18(14,15)9-19(16,17)13-11(8-12)7-10-5-3-2-4-6-10/h2-6,11,13H,7-9H2,1H3. The van der Waals surface area contributed by atoms with Gasteiger partial charge in [-0.1, -0.05) is 30.3 Å². The van der Waals surface area contributed by atoms with Gasteiger partial charge in [0.15, 0.2) is 14.9 Å². The molecule has 0 aromatic heterocycles. The van der Waals surface area contributed by atoms with Gasteiger partial charge in [-0.25, -0.2) is 21.6 Å². The lowest BCUT2D eigenvalue weighted by molar-refractivity contribution is 0.562. The molecule has 8 heteroatoms. The Balaban J connectivity index is 2.72. The Bertz CT molecular complexity index is 599. The zero-order valence-corrected chi connectivity index (χ0v) is 12.8. The minimum atomic E-state index is -3.89. The summed E-state index contributed by atoms with van der Waals surface area (Å²) in [5.41, 5.74) is 0.926. The first-order chi connectivity index (χ1) is 8.72. The number of alkyl halides is 1. The van der Waals surface area contributed by atoms with Gasteiger partial charge in [-0.15, -0.1) is 11.6 Å². The van der Waals surface area contributed by atoms with Crippen molar-refractivity contribution in [2.75, 3.05) is 17.2 Å². The fourth-order valence-corrected chi connectivity index (χ4v) is 5.08. The third kappa shape index (κ3) is 6.91. The monoisotopic (exact) mass is 325 g/mol. The number of hydrogen-bond donors (Lipinski definition) is 1. The van der Waals surface area contributed by atoms with E-state index in [1.807, 2.05) is 30.3 Å². The predicted molar refractivity (Wildman–Crippen MR) is 76.4 cm³/mol. The maximum atomic E-state index is 11.7. The molecule has 0 aliphatic heterocycles. The van der Waals surface area contributed by atoms with Gasteiger partial charge in [-0.3, -0.25) is 0 Å². The molecule has 1 rings (SSSR count). The van der Waals surface area contributed by atoms with Crippen molar-refractivity contribution in [2.24, 2.45) is 0 Å². The van der Waals surface area contributed by atoms with Gasteiger partial charge >= 0.3 is 0 Å². The summed E-state index contributed by atoms with van der Waals surface area (Å²) in [7, 11) is -7.50. The lowest BCUT2D eigenvalue weighted by Gasteiger charge is -2.15. The van der Waals surface area contributed by atoms with Crippen LogP contribution < -0.4 is 4.72 Å². The largest absolute Gasteiger partial charge is 0.228 e. The zero-order valence-electron chi connectivity index (χ0n) is 10.4. The van der Waals surface area contributed by atoms with E-state index < -0.39 is 31.0 Å². The van der Waals surface area contributed by atoms with Crippen LogP contribution in [0.5, 0.6) is 0 Å². The first-order valence-electron chi connectivity index (χ1n) is 5.49. The van der Waals surface area contributed by atoms with Crippen LogP contribution in [-0.4, -0.2) is 40.1 Å². The van der Waals surface area contributed by atoms with Crippen LogP contribution in [0.15, 0.2) is 30.3 Å². The van der Waals surface area contributed by atoms with Crippen molar-refractivity contribution in [1.82, 2.24) is 4.72 Å². The van der Waals surface area contributed by atoms with Gasteiger partial charge in [0.1, 0.15) is 0 Å². The zero-order chi connectivity index (χ0) is 14.5. The number of rotatable bonds is 7. The summed E-state index contributed by atoms with van der Waals surface area (Å²) in [5, 5.41) is -0.928. The van der Waals surface area contributed by atoms with Gasteiger partial charge in [0.25, 0.3) is 0 Å². The van der Waals surface area contributed by atoms with Crippen LogP contribution in [0.25, 0.3) is 0 Å². The van der Waals surface area contributed by atoms with Crippen LogP contribution in [-0.2, 0) is 26.3 Å². The summed E-state index contributed by atoms with van der Waals surface area (Å²) in [6.45, 7) is 0. The number of halogens is 1. The molecule has 0 saturated heterocycles. The third-order valence-electron chi connectivity index (χ3n) is 2.23. The smallest absolute Gasteiger partial charge is 0.226 e. The molecule has 0 aliphatic rings. The second-order valence-electron chi connectivity index (χ2n) is 4.32. The summed E-state index contributed by atoms with van der Waals surface area (Å²) >= 11 is 5.72. The minimum absolute atomic E-state index is 0.0673. The topological polar surface area (TPSA) is 80.3 Å². The van der Waals surface area contributed by atoms with Crippen LogP contribution >= 0.6 is 11.6 Å². The number of hydrogen-bond acceptors (Lipinski definition) is 4. The van der Waals surface area contributed by atoms with E-state index in [1.54, 1.807) is 0 Å². The van der Waals surface area contributed by atoms with Crippen molar-refractivity contribution < 1.29 is 16.8 Å². The molecule has 0 aliphatic carbocycles. The fourth-order valence-electron chi connectivity index (χ4n) is 1.60. The predicted octanol–water partition coefficient (Wildman–Crippen LogP) is 0.758. The molecule has 1 N–H and O–H groups in total. The van der Waals surface area contributed by atoms with E-state index >= 15 is 0 Å². The van der Waals surface area contributed by atoms with Crippen LogP contribution in [0, 0.1) is 0 Å². The number of benzene rings is 1. The molecule has 5 nitrogen and oxygen atoms in total. The van der Waals surface area contributed by atoms with E-state index in [2.05, 4.69) is 4.72 Å². The highest BCUT2D eigenvalue weighted by Gasteiger charge is 2.22. The number of sulfone groups is 1. The Kier molecular flexibility index (Phi) is 5.79. The Labute approximate surface area is 118 Å². The van der Waals surface area contributed by atoms with E-state index in [0.717, 1.165) is 11.8 Å². The summed E-state index contributed by atoms with van der Waals surface area (Å²) in [6, 6.07) is 8.70. The molecule has 0 heterocycles. The molecular formula is C11H16ClNO4S2. The Hall–Kier alpha value is -0.630. The normalized spacial score (nSPS) is 14.2. The van der Waals surface area contributed by atoms with Crippen LogP contribution in [0.1, 0.15) is 5.56 Å². The van der Waals surface area contributed by atoms with E-state index in [9.17, 15) is 16.8 Å². The number of nitrogens with one attached hydrogen (secondary N) is 1. The highest BCUT2D eigenvalue weighted by atomic mass is 35.5. The summed E-state index contributed by atoms with van der Waals surface area (Å²) in [6.07, 6.45) is 1.28. The summed E-state index contributed by atoms with van der Waals surface area (Å²) < 4.78 is 47.7. The number of sulfonamides is 1. The Morgan fingerprint density at radius 3 is 2.21 bits per heavy atom. The SMILES string of the molecule is CS(=O)(=O)CS(=O)(=O)NC(CCl)Cc1ccccc1. The highest BCUT2D eigenvalue weighted by Crippen LogP contribution is 2.06. The molecule has 19 heavy (non-hydrogen) atoms. The molecule has 0 amide bonds. The molecule has 0 spiro atoms.